The zero-order valence-corrected chi connectivity index (χ0v) is 12.5. The molecule has 3 atom stereocenters. The van der Waals surface area contributed by atoms with E-state index in [9.17, 15) is 13.2 Å². The molecular formula is C10H16O5SSe. The van der Waals surface area contributed by atoms with Gasteiger partial charge in [0, 0.05) is 0 Å². The first-order valence-electron chi connectivity index (χ1n) is 5.46. The van der Waals surface area contributed by atoms with Gasteiger partial charge in [-0.1, -0.05) is 0 Å². The maximum atomic E-state index is 12.3. The fraction of sp³-hybridized carbons (Fsp3) is 0.900. The number of hydrogen-bond donors (Lipinski definition) is 1. The van der Waals surface area contributed by atoms with Gasteiger partial charge >= 0.3 is 108 Å². The van der Waals surface area contributed by atoms with E-state index in [4.69, 9.17) is 4.55 Å². The Kier molecular flexibility index (Phi) is 3.00. The van der Waals surface area contributed by atoms with Crippen LogP contribution in [0.1, 0.15) is 33.6 Å². The van der Waals surface area contributed by atoms with Crippen molar-refractivity contribution >= 4 is 31.5 Å². The maximum absolute atomic E-state index is 12.3. The fourth-order valence-electron chi connectivity index (χ4n) is 3.21. The van der Waals surface area contributed by atoms with Crippen molar-refractivity contribution in [2.75, 3.05) is 0 Å². The molecular weight excluding hydrogens is 311 g/mol. The quantitative estimate of drug-likeness (QED) is 0.623. The van der Waals surface area contributed by atoms with Gasteiger partial charge in [0.2, 0.25) is 0 Å². The molecule has 2 rings (SSSR count). The number of hydrogen-bond acceptors (Lipinski definition) is 4. The van der Waals surface area contributed by atoms with Crippen molar-refractivity contribution in [2.45, 2.75) is 38.4 Å². The van der Waals surface area contributed by atoms with E-state index in [1.54, 1.807) is 0 Å². The minimum atomic E-state index is -4.43. The van der Waals surface area contributed by atoms with E-state index in [1.165, 1.54) is 0 Å². The second-order valence-corrected chi connectivity index (χ2v) is 8.89. The molecule has 2 bridgehead atoms. The van der Waals surface area contributed by atoms with Crippen LogP contribution >= 0.6 is 0 Å². The van der Waals surface area contributed by atoms with E-state index in [0.29, 0.717) is 0 Å². The van der Waals surface area contributed by atoms with Crippen LogP contribution in [0, 0.1) is 16.7 Å². The van der Waals surface area contributed by atoms with Crippen LogP contribution in [0.15, 0.2) is 0 Å². The number of rotatable bonds is 3. The first-order valence-corrected chi connectivity index (χ1v) is 8.52. The molecule has 0 aromatic heterocycles. The van der Waals surface area contributed by atoms with Crippen molar-refractivity contribution in [2.24, 2.45) is 16.7 Å². The average Bonchev–Trinajstić information content (AvgIpc) is 2.46. The van der Waals surface area contributed by atoms with E-state index < -0.39 is 25.7 Å². The Morgan fingerprint density at radius 1 is 1.41 bits per heavy atom. The summed E-state index contributed by atoms with van der Waals surface area (Å²) < 4.78 is 34.2. The summed E-state index contributed by atoms with van der Waals surface area (Å²) in [6, 6.07) is 0. The molecule has 7 heteroatoms. The summed E-state index contributed by atoms with van der Waals surface area (Å²) in [7, 11) is -4.43. The van der Waals surface area contributed by atoms with E-state index in [1.807, 2.05) is 6.92 Å². The van der Waals surface area contributed by atoms with Crippen molar-refractivity contribution < 1.29 is 21.0 Å². The SMILES string of the molecule is CC1(C)[C@@H]2CC[C@@]1(C)C(=O)[C@H]2[Se]OS(=O)(=O)O. The van der Waals surface area contributed by atoms with Crippen molar-refractivity contribution in [1.29, 1.82) is 0 Å². The molecule has 2 aliphatic rings. The van der Waals surface area contributed by atoms with E-state index >= 15 is 0 Å². The summed E-state index contributed by atoms with van der Waals surface area (Å²) in [5.74, 6) is 0.268. The van der Waals surface area contributed by atoms with Crippen molar-refractivity contribution in [3.05, 3.63) is 0 Å². The molecule has 0 unspecified atom stereocenters. The predicted molar refractivity (Wildman–Crippen MR) is 61.8 cm³/mol. The van der Waals surface area contributed by atoms with Gasteiger partial charge in [-0.15, -0.1) is 0 Å². The predicted octanol–water partition coefficient (Wildman–Crippen LogP) is 1.24. The summed E-state index contributed by atoms with van der Waals surface area (Å²) in [6.45, 7) is 6.08. The second kappa shape index (κ2) is 3.78. The zero-order chi connectivity index (χ0) is 13.1. The number of ketones is 1. The van der Waals surface area contributed by atoms with Crippen LogP contribution in [0.2, 0.25) is 4.82 Å². The molecule has 0 radical (unpaired) electrons. The van der Waals surface area contributed by atoms with Crippen LogP contribution in [0.4, 0.5) is 0 Å². The molecule has 98 valence electrons. The number of carbonyl (C=O) groups excluding carboxylic acids is 1. The zero-order valence-electron chi connectivity index (χ0n) is 9.97. The third-order valence-corrected chi connectivity index (χ3v) is 8.10. The fourth-order valence-corrected chi connectivity index (χ4v) is 6.56. The first-order chi connectivity index (χ1) is 7.59. The molecule has 1 N–H and O–H groups in total. The van der Waals surface area contributed by atoms with E-state index in [0.717, 1.165) is 12.8 Å². The number of fused-ring (bicyclic) bond motifs is 2. The molecule has 0 aromatic carbocycles. The first kappa shape index (κ1) is 13.5. The standard InChI is InChI=1S/C10H16O5SSe/c1-9(2)6-4-5-10(9,3)8(11)7(6)17-15-16(12,13)14/h6-7H,4-5H2,1-3H3,(H,12,13,14)/t6-,7+,10+/m1/s1. The summed E-state index contributed by atoms with van der Waals surface area (Å²) >= 11 is -0.842. The Hall–Kier alpha value is 0.0595. The van der Waals surface area contributed by atoms with Crippen LogP contribution in [-0.4, -0.2) is 34.0 Å². The topological polar surface area (TPSA) is 80.7 Å². The Morgan fingerprint density at radius 3 is 2.41 bits per heavy atom. The molecule has 2 aliphatic carbocycles. The van der Waals surface area contributed by atoms with Gasteiger partial charge in [0.05, 0.1) is 0 Å². The molecule has 2 fully saturated rings. The third kappa shape index (κ3) is 1.88. The molecule has 0 heterocycles. The molecule has 0 aromatic rings. The average molecular weight is 327 g/mol. The normalized spacial score (nSPS) is 39.9. The van der Waals surface area contributed by atoms with Crippen molar-refractivity contribution in [3.8, 4) is 0 Å². The van der Waals surface area contributed by atoms with E-state index in [-0.39, 0.29) is 27.3 Å². The molecule has 17 heavy (non-hydrogen) atoms. The summed E-state index contributed by atoms with van der Waals surface area (Å²) in [6.07, 6.45) is 1.79. The molecule has 0 amide bonds. The van der Waals surface area contributed by atoms with Crippen LogP contribution in [0.3, 0.4) is 0 Å². The van der Waals surface area contributed by atoms with Crippen LogP contribution in [-0.2, 0) is 18.5 Å². The van der Waals surface area contributed by atoms with Crippen molar-refractivity contribution in [3.63, 3.8) is 0 Å². The Morgan fingerprint density at radius 2 is 2.00 bits per heavy atom. The Labute approximate surface area is 108 Å². The Balaban J connectivity index is 2.21. The minimum absolute atomic E-state index is 0.0994. The van der Waals surface area contributed by atoms with Crippen LogP contribution < -0.4 is 0 Å². The number of carbonyl (C=O) groups is 1. The van der Waals surface area contributed by atoms with Gasteiger partial charge in [0.25, 0.3) is 0 Å². The van der Waals surface area contributed by atoms with E-state index in [2.05, 4.69) is 17.1 Å². The number of Topliss-reactive ketones (excluding diaryl/α,β-unsaturated/α-hetero) is 1. The van der Waals surface area contributed by atoms with Crippen molar-refractivity contribution in [1.82, 2.24) is 0 Å². The molecule has 0 aliphatic heterocycles. The van der Waals surface area contributed by atoms with Crippen LogP contribution in [0.25, 0.3) is 0 Å². The molecule has 5 nitrogen and oxygen atoms in total. The molecule has 2 saturated carbocycles. The summed E-state index contributed by atoms with van der Waals surface area (Å²) in [5, 5.41) is 0. The van der Waals surface area contributed by atoms with Gasteiger partial charge < -0.3 is 0 Å². The molecule has 0 spiro atoms. The summed E-state index contributed by atoms with van der Waals surface area (Å²) in [5.41, 5.74) is -0.480. The second-order valence-electron chi connectivity index (χ2n) is 5.58. The van der Waals surface area contributed by atoms with Gasteiger partial charge in [-0.25, -0.2) is 0 Å². The van der Waals surface area contributed by atoms with Gasteiger partial charge in [0.1, 0.15) is 0 Å². The Bertz CT molecular complexity index is 457. The van der Waals surface area contributed by atoms with Crippen LogP contribution in [0.5, 0.6) is 0 Å². The molecule has 0 saturated heterocycles. The monoisotopic (exact) mass is 328 g/mol. The summed E-state index contributed by atoms with van der Waals surface area (Å²) in [4.78, 5) is 11.9. The van der Waals surface area contributed by atoms with Gasteiger partial charge in [0.15, 0.2) is 0 Å². The van der Waals surface area contributed by atoms with Gasteiger partial charge in [-0.2, -0.15) is 0 Å². The third-order valence-electron chi connectivity index (χ3n) is 4.70. The van der Waals surface area contributed by atoms with Gasteiger partial charge in [-0.05, 0) is 0 Å². The van der Waals surface area contributed by atoms with Gasteiger partial charge in [-0.3, -0.25) is 0 Å².